The van der Waals surface area contributed by atoms with Crippen molar-refractivity contribution in [1.29, 1.82) is 0 Å². The van der Waals surface area contributed by atoms with Gasteiger partial charge in [-0.05, 0) is 43.9 Å². The number of carbonyl (C=O) groups excluding carboxylic acids is 3. The van der Waals surface area contributed by atoms with E-state index in [-0.39, 0.29) is 30.2 Å². The number of benzene rings is 1. The van der Waals surface area contributed by atoms with Gasteiger partial charge in [-0.15, -0.1) is 0 Å². The second-order valence-corrected chi connectivity index (χ2v) is 6.81. The van der Waals surface area contributed by atoms with Crippen molar-refractivity contribution in [2.24, 2.45) is 11.8 Å². The van der Waals surface area contributed by atoms with Crippen LogP contribution < -0.4 is 5.32 Å². The van der Waals surface area contributed by atoms with Crippen LogP contribution in [-0.2, 0) is 14.4 Å². The first-order valence-electron chi connectivity index (χ1n) is 7.95. The van der Waals surface area contributed by atoms with Crippen LogP contribution in [0.15, 0.2) is 24.3 Å². The Hall–Kier alpha value is -2.14. The van der Waals surface area contributed by atoms with Crippen LogP contribution in [0.2, 0.25) is 5.02 Å². The second kappa shape index (κ2) is 6.40. The molecule has 0 bridgehead atoms. The molecule has 0 radical (unpaired) electrons. The zero-order chi connectivity index (χ0) is 17.4. The fourth-order valence-corrected chi connectivity index (χ4v) is 3.79. The lowest BCUT2D eigenvalue weighted by molar-refractivity contribution is -0.142. The third-order valence-electron chi connectivity index (χ3n) is 4.60. The van der Waals surface area contributed by atoms with E-state index in [0.717, 1.165) is 16.0 Å². The van der Waals surface area contributed by atoms with E-state index in [0.29, 0.717) is 23.6 Å². The maximum atomic E-state index is 12.4. The van der Waals surface area contributed by atoms with Crippen molar-refractivity contribution < 1.29 is 14.4 Å². The number of carbonyl (C=O) groups is 3. The number of rotatable bonds is 3. The number of likely N-dealkylation sites (tertiary alicyclic amines) is 1. The second-order valence-electron chi connectivity index (χ2n) is 6.41. The Balaban J connectivity index is 1.72. The van der Waals surface area contributed by atoms with Crippen molar-refractivity contribution in [3.05, 3.63) is 40.4 Å². The van der Waals surface area contributed by atoms with Gasteiger partial charge in [0, 0.05) is 0 Å². The van der Waals surface area contributed by atoms with E-state index in [9.17, 15) is 14.4 Å². The van der Waals surface area contributed by atoms with E-state index in [1.54, 1.807) is 6.07 Å². The number of fused-ring (bicyclic) bond motifs is 1. The third-order valence-corrected chi connectivity index (χ3v) is 4.89. The summed E-state index contributed by atoms with van der Waals surface area (Å²) < 4.78 is 0. The first-order chi connectivity index (χ1) is 11.4. The maximum absolute atomic E-state index is 12.4. The van der Waals surface area contributed by atoms with E-state index < -0.39 is 5.91 Å². The van der Waals surface area contributed by atoms with E-state index in [1.165, 1.54) is 0 Å². The number of hydrogen-bond acceptors (Lipinski definition) is 3. The topological polar surface area (TPSA) is 66.5 Å². The Morgan fingerprint density at radius 2 is 1.75 bits per heavy atom. The molecule has 1 aliphatic heterocycles. The maximum Gasteiger partial charge on any atom is 0.244 e. The minimum absolute atomic E-state index is 0.253. The Labute approximate surface area is 145 Å². The molecule has 0 unspecified atom stereocenters. The van der Waals surface area contributed by atoms with Crippen LogP contribution in [0.5, 0.6) is 0 Å². The molecule has 3 amide bonds. The summed E-state index contributed by atoms with van der Waals surface area (Å²) in [4.78, 5) is 38.2. The molecule has 1 aliphatic carbocycles. The molecule has 1 N–H and O–H groups in total. The highest BCUT2D eigenvalue weighted by atomic mass is 35.5. The van der Waals surface area contributed by atoms with Crippen molar-refractivity contribution in [2.75, 3.05) is 11.9 Å². The molecule has 3 rings (SSSR count). The highest BCUT2D eigenvalue weighted by Crippen LogP contribution is 2.35. The van der Waals surface area contributed by atoms with Crippen LogP contribution in [0.25, 0.3) is 0 Å². The minimum atomic E-state index is -0.419. The van der Waals surface area contributed by atoms with Gasteiger partial charge in [-0.1, -0.05) is 29.8 Å². The molecule has 24 heavy (non-hydrogen) atoms. The van der Waals surface area contributed by atoms with Gasteiger partial charge in [0.05, 0.1) is 22.5 Å². The summed E-state index contributed by atoms with van der Waals surface area (Å²) in [5.41, 5.74) is 2.35. The first-order valence-corrected chi connectivity index (χ1v) is 8.33. The minimum Gasteiger partial charge on any atom is -0.323 e. The number of aryl methyl sites for hydroxylation is 2. The number of allylic oxidation sites excluding steroid dienone is 2. The summed E-state index contributed by atoms with van der Waals surface area (Å²) in [6.07, 6.45) is 4.98. The lowest BCUT2D eigenvalue weighted by Crippen LogP contribution is -2.38. The summed E-state index contributed by atoms with van der Waals surface area (Å²) in [5, 5.41) is 3.16. The first kappa shape index (κ1) is 16.7. The standard InChI is InChI=1S/C18H19ClN2O3/c1-10-7-11(2)16(14(19)8-10)20-15(22)9-21-17(23)12-5-3-4-6-13(12)18(21)24/h3-4,7-8,12-13H,5-6,9H2,1-2H3,(H,20,22)/t12-,13+. The van der Waals surface area contributed by atoms with Crippen molar-refractivity contribution >= 4 is 35.0 Å². The molecule has 1 saturated heterocycles. The smallest absolute Gasteiger partial charge is 0.244 e. The average Bonchev–Trinajstić information content (AvgIpc) is 2.76. The van der Waals surface area contributed by atoms with Crippen LogP contribution >= 0.6 is 11.6 Å². The van der Waals surface area contributed by atoms with E-state index >= 15 is 0 Å². The number of nitrogens with one attached hydrogen (secondary N) is 1. The van der Waals surface area contributed by atoms with Crippen LogP contribution in [0.4, 0.5) is 5.69 Å². The summed E-state index contributed by atoms with van der Waals surface area (Å²) in [6.45, 7) is 3.50. The number of amides is 3. The quantitative estimate of drug-likeness (QED) is 0.676. The lowest BCUT2D eigenvalue weighted by Gasteiger charge is -2.16. The number of nitrogens with zero attached hydrogens (tertiary/aromatic N) is 1. The third kappa shape index (κ3) is 2.96. The van der Waals surface area contributed by atoms with Crippen LogP contribution in [0, 0.1) is 25.7 Å². The summed E-state index contributed by atoms with van der Waals surface area (Å²) in [5.74, 6) is -1.57. The lowest BCUT2D eigenvalue weighted by atomic mass is 9.85. The molecule has 1 heterocycles. The molecular formula is C18H19ClN2O3. The van der Waals surface area contributed by atoms with Gasteiger partial charge in [0.15, 0.2) is 0 Å². The van der Waals surface area contributed by atoms with Gasteiger partial charge in [-0.3, -0.25) is 19.3 Å². The molecule has 2 atom stereocenters. The number of anilines is 1. The zero-order valence-corrected chi connectivity index (χ0v) is 14.4. The predicted molar refractivity (Wildman–Crippen MR) is 91.6 cm³/mol. The molecule has 1 aromatic rings. The van der Waals surface area contributed by atoms with Gasteiger partial charge in [0.1, 0.15) is 6.54 Å². The highest BCUT2D eigenvalue weighted by Gasteiger charge is 2.47. The molecule has 126 valence electrons. The van der Waals surface area contributed by atoms with Gasteiger partial charge >= 0.3 is 0 Å². The van der Waals surface area contributed by atoms with E-state index in [1.807, 2.05) is 32.1 Å². The van der Waals surface area contributed by atoms with Gasteiger partial charge in [0.2, 0.25) is 17.7 Å². The highest BCUT2D eigenvalue weighted by molar-refractivity contribution is 6.34. The average molecular weight is 347 g/mol. The molecule has 2 aliphatic rings. The molecular weight excluding hydrogens is 328 g/mol. The Morgan fingerprint density at radius 3 is 2.29 bits per heavy atom. The van der Waals surface area contributed by atoms with Crippen molar-refractivity contribution in [3.63, 3.8) is 0 Å². The Morgan fingerprint density at radius 1 is 1.17 bits per heavy atom. The SMILES string of the molecule is Cc1cc(C)c(NC(=O)CN2C(=O)[C@H]3CC=CC[C@H]3C2=O)c(Cl)c1. The van der Waals surface area contributed by atoms with Gasteiger partial charge in [0.25, 0.3) is 0 Å². The van der Waals surface area contributed by atoms with Crippen LogP contribution in [0.3, 0.4) is 0 Å². The number of halogens is 1. The Bertz CT molecular complexity index is 708. The molecule has 1 aromatic carbocycles. The van der Waals surface area contributed by atoms with Crippen molar-refractivity contribution in [3.8, 4) is 0 Å². The molecule has 1 fully saturated rings. The molecule has 6 heteroatoms. The summed E-state index contributed by atoms with van der Waals surface area (Å²) in [7, 11) is 0. The zero-order valence-electron chi connectivity index (χ0n) is 13.6. The van der Waals surface area contributed by atoms with E-state index in [2.05, 4.69) is 5.32 Å². The molecule has 0 spiro atoms. The molecule has 0 saturated carbocycles. The van der Waals surface area contributed by atoms with Gasteiger partial charge < -0.3 is 5.32 Å². The predicted octanol–water partition coefficient (Wildman–Crippen LogP) is 2.85. The van der Waals surface area contributed by atoms with Crippen LogP contribution in [-0.4, -0.2) is 29.2 Å². The van der Waals surface area contributed by atoms with Gasteiger partial charge in [-0.25, -0.2) is 0 Å². The number of imide groups is 1. The Kier molecular flexibility index (Phi) is 4.45. The van der Waals surface area contributed by atoms with Crippen LogP contribution in [0.1, 0.15) is 24.0 Å². The summed E-state index contributed by atoms with van der Waals surface area (Å²) in [6, 6.07) is 3.67. The normalized spacial score (nSPS) is 22.7. The van der Waals surface area contributed by atoms with Gasteiger partial charge in [-0.2, -0.15) is 0 Å². The largest absolute Gasteiger partial charge is 0.323 e. The number of hydrogen-bond donors (Lipinski definition) is 1. The van der Waals surface area contributed by atoms with E-state index in [4.69, 9.17) is 11.6 Å². The molecule has 5 nitrogen and oxygen atoms in total. The monoisotopic (exact) mass is 346 g/mol. The molecule has 0 aromatic heterocycles. The fourth-order valence-electron chi connectivity index (χ4n) is 3.42. The summed E-state index contributed by atoms with van der Waals surface area (Å²) >= 11 is 6.18. The van der Waals surface area contributed by atoms with Crippen molar-refractivity contribution in [2.45, 2.75) is 26.7 Å². The fraction of sp³-hybridized carbons (Fsp3) is 0.389. The van der Waals surface area contributed by atoms with Crippen molar-refractivity contribution in [1.82, 2.24) is 4.90 Å².